The highest BCUT2D eigenvalue weighted by atomic mass is 19.2. The van der Waals surface area contributed by atoms with Crippen molar-refractivity contribution < 1.29 is 22.3 Å². The molecule has 0 aliphatic carbocycles. The van der Waals surface area contributed by atoms with Crippen molar-refractivity contribution in [2.75, 3.05) is 11.9 Å². The second kappa shape index (κ2) is 5.99. The van der Waals surface area contributed by atoms with E-state index in [0.29, 0.717) is 19.4 Å². The molecule has 0 aromatic heterocycles. The first-order valence-electron chi connectivity index (χ1n) is 6.61. The molecular weight excluding hydrogens is 274 g/mol. The van der Waals surface area contributed by atoms with Gasteiger partial charge < -0.3 is 10.1 Å². The highest BCUT2D eigenvalue weighted by molar-refractivity contribution is 5.48. The van der Waals surface area contributed by atoms with Gasteiger partial charge in [0.15, 0.2) is 23.3 Å². The van der Waals surface area contributed by atoms with E-state index in [0.717, 1.165) is 0 Å². The van der Waals surface area contributed by atoms with Crippen molar-refractivity contribution in [3.63, 3.8) is 0 Å². The Bertz CT molecular complexity index is 466. The molecule has 2 atom stereocenters. The SMILES string of the molecule is CC(C)C1CC(Nc2c(F)c(F)cc(F)c2F)CCO1. The van der Waals surface area contributed by atoms with Crippen LogP contribution in [0.4, 0.5) is 23.2 Å². The number of rotatable bonds is 3. The van der Waals surface area contributed by atoms with Gasteiger partial charge in [0.05, 0.1) is 6.10 Å². The summed E-state index contributed by atoms with van der Waals surface area (Å²) in [5.41, 5.74) is -0.739. The molecule has 1 saturated heterocycles. The van der Waals surface area contributed by atoms with E-state index in [2.05, 4.69) is 5.32 Å². The number of anilines is 1. The molecule has 1 aliphatic heterocycles. The minimum absolute atomic E-state index is 0.0363. The van der Waals surface area contributed by atoms with Crippen molar-refractivity contribution in [3.8, 4) is 0 Å². The molecule has 2 rings (SSSR count). The van der Waals surface area contributed by atoms with E-state index in [1.54, 1.807) is 0 Å². The van der Waals surface area contributed by atoms with E-state index in [1.807, 2.05) is 13.8 Å². The van der Waals surface area contributed by atoms with Crippen LogP contribution in [-0.2, 0) is 4.74 Å². The van der Waals surface area contributed by atoms with Crippen LogP contribution >= 0.6 is 0 Å². The maximum atomic E-state index is 13.6. The maximum Gasteiger partial charge on any atom is 0.185 e. The van der Waals surface area contributed by atoms with Crippen molar-refractivity contribution in [1.82, 2.24) is 0 Å². The summed E-state index contributed by atoms with van der Waals surface area (Å²) in [7, 11) is 0. The molecule has 1 aromatic carbocycles. The van der Waals surface area contributed by atoms with E-state index >= 15 is 0 Å². The van der Waals surface area contributed by atoms with Crippen LogP contribution in [0.1, 0.15) is 26.7 Å². The van der Waals surface area contributed by atoms with Crippen LogP contribution in [0.3, 0.4) is 0 Å². The second-order valence-electron chi connectivity index (χ2n) is 5.36. The van der Waals surface area contributed by atoms with Crippen LogP contribution in [0.15, 0.2) is 6.07 Å². The summed E-state index contributed by atoms with van der Waals surface area (Å²) in [6.45, 7) is 4.41. The number of ether oxygens (including phenoxy) is 1. The standard InChI is InChI=1S/C14H17F4NO/c1-7(2)11-5-8(3-4-20-11)19-14-12(17)9(15)6-10(16)13(14)18/h6-8,11,19H,3-5H2,1-2H3. The van der Waals surface area contributed by atoms with Crippen LogP contribution in [0.25, 0.3) is 0 Å². The minimum atomic E-state index is -1.40. The summed E-state index contributed by atoms with van der Waals surface area (Å²) >= 11 is 0. The molecule has 1 aliphatic rings. The van der Waals surface area contributed by atoms with E-state index in [1.165, 1.54) is 0 Å². The fraction of sp³-hybridized carbons (Fsp3) is 0.571. The lowest BCUT2D eigenvalue weighted by molar-refractivity contribution is -0.0161. The van der Waals surface area contributed by atoms with Crippen molar-refractivity contribution in [1.29, 1.82) is 0 Å². The summed E-state index contributed by atoms with van der Waals surface area (Å²) in [5.74, 6) is -5.33. The van der Waals surface area contributed by atoms with Gasteiger partial charge in [-0.15, -0.1) is 0 Å². The Kier molecular flexibility index (Phi) is 4.52. The van der Waals surface area contributed by atoms with Gasteiger partial charge in [-0.3, -0.25) is 0 Å². The van der Waals surface area contributed by atoms with Crippen molar-refractivity contribution in [2.24, 2.45) is 5.92 Å². The van der Waals surface area contributed by atoms with Gasteiger partial charge in [0.25, 0.3) is 0 Å². The zero-order valence-corrected chi connectivity index (χ0v) is 11.4. The lowest BCUT2D eigenvalue weighted by atomic mass is 9.95. The molecule has 1 aromatic rings. The third kappa shape index (κ3) is 3.06. The van der Waals surface area contributed by atoms with Gasteiger partial charge in [-0.1, -0.05) is 13.8 Å². The highest BCUT2D eigenvalue weighted by Gasteiger charge is 2.27. The molecule has 2 nitrogen and oxygen atoms in total. The largest absolute Gasteiger partial charge is 0.378 e. The van der Waals surface area contributed by atoms with Gasteiger partial charge in [-0.25, -0.2) is 17.6 Å². The summed E-state index contributed by atoms with van der Waals surface area (Å²) in [6.07, 6.45) is 1.03. The van der Waals surface area contributed by atoms with Gasteiger partial charge in [0.2, 0.25) is 0 Å². The maximum absolute atomic E-state index is 13.6. The number of hydrogen-bond acceptors (Lipinski definition) is 2. The molecule has 0 amide bonds. The van der Waals surface area contributed by atoms with Crippen molar-refractivity contribution >= 4 is 5.69 Å². The molecule has 2 unspecified atom stereocenters. The Morgan fingerprint density at radius 2 is 1.75 bits per heavy atom. The van der Waals surface area contributed by atoms with E-state index in [9.17, 15) is 17.6 Å². The summed E-state index contributed by atoms with van der Waals surface area (Å²) in [6, 6.07) is -0.0714. The Hall–Kier alpha value is -1.30. The Morgan fingerprint density at radius 3 is 2.30 bits per heavy atom. The van der Waals surface area contributed by atoms with Crippen molar-refractivity contribution in [2.45, 2.75) is 38.8 Å². The summed E-state index contributed by atoms with van der Waals surface area (Å²) in [5, 5.41) is 2.57. The topological polar surface area (TPSA) is 21.3 Å². The molecule has 112 valence electrons. The first-order valence-corrected chi connectivity index (χ1v) is 6.61. The molecule has 0 saturated carbocycles. The smallest absolute Gasteiger partial charge is 0.185 e. The Balaban J connectivity index is 2.18. The van der Waals surface area contributed by atoms with Crippen LogP contribution < -0.4 is 5.32 Å². The number of benzene rings is 1. The van der Waals surface area contributed by atoms with Gasteiger partial charge in [0.1, 0.15) is 5.69 Å². The number of nitrogens with one attached hydrogen (secondary N) is 1. The average Bonchev–Trinajstić information content (AvgIpc) is 2.42. The van der Waals surface area contributed by atoms with Crippen LogP contribution in [0, 0.1) is 29.2 Å². The third-order valence-corrected chi connectivity index (χ3v) is 3.52. The molecule has 1 N–H and O–H groups in total. The third-order valence-electron chi connectivity index (χ3n) is 3.52. The predicted molar refractivity (Wildman–Crippen MR) is 67.5 cm³/mol. The first kappa shape index (κ1) is 15.1. The van der Waals surface area contributed by atoms with Crippen molar-refractivity contribution in [3.05, 3.63) is 29.3 Å². The lowest BCUT2D eigenvalue weighted by Crippen LogP contribution is -2.37. The Morgan fingerprint density at radius 1 is 1.15 bits per heavy atom. The predicted octanol–water partition coefficient (Wildman–Crippen LogP) is 3.86. The zero-order valence-electron chi connectivity index (χ0n) is 11.4. The van der Waals surface area contributed by atoms with Crippen LogP contribution in [-0.4, -0.2) is 18.8 Å². The molecule has 20 heavy (non-hydrogen) atoms. The molecule has 0 bridgehead atoms. The molecule has 6 heteroatoms. The molecular formula is C14H17F4NO. The zero-order chi connectivity index (χ0) is 14.9. The fourth-order valence-corrected chi connectivity index (χ4v) is 2.33. The monoisotopic (exact) mass is 291 g/mol. The van der Waals surface area contributed by atoms with Crippen LogP contribution in [0.5, 0.6) is 0 Å². The van der Waals surface area contributed by atoms with Gasteiger partial charge in [-0.2, -0.15) is 0 Å². The molecule has 0 spiro atoms. The summed E-state index contributed by atoms with van der Waals surface area (Å²) < 4.78 is 59.0. The minimum Gasteiger partial charge on any atom is -0.378 e. The first-order chi connectivity index (χ1) is 9.40. The van der Waals surface area contributed by atoms with Gasteiger partial charge >= 0.3 is 0 Å². The lowest BCUT2D eigenvalue weighted by Gasteiger charge is -2.33. The molecule has 0 radical (unpaired) electrons. The quantitative estimate of drug-likeness (QED) is 0.674. The normalized spacial score (nSPS) is 23.1. The van der Waals surface area contributed by atoms with E-state index < -0.39 is 29.0 Å². The molecule has 1 heterocycles. The van der Waals surface area contributed by atoms with Crippen LogP contribution in [0.2, 0.25) is 0 Å². The van der Waals surface area contributed by atoms with E-state index in [4.69, 9.17) is 4.74 Å². The fourth-order valence-electron chi connectivity index (χ4n) is 2.33. The highest BCUT2D eigenvalue weighted by Crippen LogP contribution is 2.28. The number of hydrogen-bond donors (Lipinski definition) is 1. The Labute approximate surface area is 115 Å². The second-order valence-corrected chi connectivity index (χ2v) is 5.36. The average molecular weight is 291 g/mol. The van der Waals surface area contributed by atoms with Gasteiger partial charge in [0, 0.05) is 18.7 Å². The molecule has 1 fully saturated rings. The number of halogens is 4. The van der Waals surface area contributed by atoms with Gasteiger partial charge in [-0.05, 0) is 18.8 Å². The summed E-state index contributed by atoms with van der Waals surface area (Å²) in [4.78, 5) is 0. The van der Waals surface area contributed by atoms with E-state index in [-0.39, 0.29) is 24.1 Å².